The fourth-order valence-electron chi connectivity index (χ4n) is 2.13. The van der Waals surface area contributed by atoms with Crippen LogP contribution in [0.15, 0.2) is 4.99 Å². The van der Waals surface area contributed by atoms with Crippen LogP contribution in [0.5, 0.6) is 0 Å². The number of hydrogen-bond acceptors (Lipinski definition) is 2. The first-order valence-corrected chi connectivity index (χ1v) is 7.35. The average Bonchev–Trinajstić information content (AvgIpc) is 3.18. The first-order chi connectivity index (χ1) is 8.69. The molecule has 0 radical (unpaired) electrons. The zero-order valence-corrected chi connectivity index (χ0v) is 14.9. The summed E-state index contributed by atoms with van der Waals surface area (Å²) in [6.45, 7) is 8.41. The van der Waals surface area contributed by atoms with Gasteiger partial charge in [-0.25, -0.2) is 0 Å². The Morgan fingerprint density at radius 2 is 1.89 bits per heavy atom. The predicted molar refractivity (Wildman–Crippen MR) is 92.3 cm³/mol. The quantitative estimate of drug-likeness (QED) is 0.343. The molecule has 4 nitrogen and oxygen atoms in total. The Morgan fingerprint density at radius 1 is 1.26 bits per heavy atom. The van der Waals surface area contributed by atoms with Crippen LogP contribution >= 0.6 is 24.0 Å². The highest BCUT2D eigenvalue weighted by molar-refractivity contribution is 14.0. The van der Waals surface area contributed by atoms with Gasteiger partial charge in [0, 0.05) is 25.7 Å². The number of hydrogen-bond donors (Lipinski definition) is 3. The van der Waals surface area contributed by atoms with E-state index in [0.717, 1.165) is 38.3 Å². The van der Waals surface area contributed by atoms with Crippen molar-refractivity contribution in [2.45, 2.75) is 58.9 Å². The van der Waals surface area contributed by atoms with Gasteiger partial charge in [-0.3, -0.25) is 4.99 Å². The fourth-order valence-corrected chi connectivity index (χ4v) is 2.13. The van der Waals surface area contributed by atoms with Crippen molar-refractivity contribution in [2.24, 2.45) is 10.4 Å². The van der Waals surface area contributed by atoms with E-state index in [1.807, 2.05) is 0 Å². The van der Waals surface area contributed by atoms with Crippen molar-refractivity contribution in [3.8, 4) is 0 Å². The van der Waals surface area contributed by atoms with E-state index in [4.69, 9.17) is 4.99 Å². The number of halogens is 1. The maximum absolute atomic E-state index is 9.21. The number of nitrogens with zero attached hydrogens (tertiary/aromatic N) is 1. The minimum atomic E-state index is 0. The maximum Gasteiger partial charge on any atom is 0.191 e. The zero-order chi connectivity index (χ0) is 13.4. The summed E-state index contributed by atoms with van der Waals surface area (Å²) in [7, 11) is 0. The second-order valence-electron chi connectivity index (χ2n) is 5.29. The summed E-state index contributed by atoms with van der Waals surface area (Å²) in [6, 6.07) is 0.623. The van der Waals surface area contributed by atoms with Crippen LogP contribution in [0.4, 0.5) is 0 Å². The Balaban J connectivity index is 0.00000324. The molecular weight excluding hydrogens is 353 g/mol. The lowest BCUT2D eigenvalue weighted by Gasteiger charge is -2.29. The summed E-state index contributed by atoms with van der Waals surface area (Å²) in [6.07, 6.45) is 5.49. The van der Waals surface area contributed by atoms with Crippen LogP contribution in [0.1, 0.15) is 52.9 Å². The molecule has 0 bridgehead atoms. The van der Waals surface area contributed by atoms with E-state index in [1.165, 1.54) is 12.8 Å². The van der Waals surface area contributed by atoms with Crippen molar-refractivity contribution in [1.82, 2.24) is 10.6 Å². The SMILES string of the molecule is CCNC(=NCC(CC)(CC)CCO)NC1CC1.I. The summed E-state index contributed by atoms with van der Waals surface area (Å²) >= 11 is 0. The summed E-state index contributed by atoms with van der Waals surface area (Å²) in [4.78, 5) is 4.71. The maximum atomic E-state index is 9.21. The van der Waals surface area contributed by atoms with Gasteiger partial charge >= 0.3 is 0 Å². The monoisotopic (exact) mass is 383 g/mol. The van der Waals surface area contributed by atoms with Gasteiger partial charge in [0.05, 0.1) is 0 Å². The molecular formula is C14H30IN3O. The molecule has 0 aliphatic heterocycles. The molecule has 1 aliphatic carbocycles. The van der Waals surface area contributed by atoms with Gasteiger partial charge in [-0.05, 0) is 44.4 Å². The van der Waals surface area contributed by atoms with Crippen molar-refractivity contribution in [1.29, 1.82) is 0 Å². The second kappa shape index (κ2) is 9.80. The molecule has 0 unspecified atom stereocenters. The lowest BCUT2D eigenvalue weighted by Crippen LogP contribution is -2.39. The Morgan fingerprint density at radius 3 is 2.32 bits per heavy atom. The standard InChI is InChI=1S/C14H29N3O.HI/c1-4-14(5-2,9-10-18)11-16-13(15-6-3)17-12-7-8-12;/h12,18H,4-11H2,1-3H3,(H2,15,16,17);1H. The molecule has 0 aromatic rings. The normalized spacial score (nSPS) is 15.9. The number of rotatable bonds is 8. The predicted octanol–water partition coefficient (Wildman–Crippen LogP) is 2.51. The second-order valence-corrected chi connectivity index (χ2v) is 5.29. The number of aliphatic imine (C=N–C) groups is 1. The van der Waals surface area contributed by atoms with E-state index in [9.17, 15) is 5.11 Å². The fraction of sp³-hybridized carbons (Fsp3) is 0.929. The lowest BCUT2D eigenvalue weighted by molar-refractivity contribution is 0.175. The van der Waals surface area contributed by atoms with E-state index >= 15 is 0 Å². The summed E-state index contributed by atoms with van der Waals surface area (Å²) < 4.78 is 0. The minimum absolute atomic E-state index is 0. The Labute approximate surface area is 134 Å². The van der Waals surface area contributed by atoms with Crippen LogP contribution in [0.25, 0.3) is 0 Å². The van der Waals surface area contributed by atoms with Crippen molar-refractivity contribution < 1.29 is 5.11 Å². The number of nitrogens with one attached hydrogen (secondary N) is 2. The molecule has 0 spiro atoms. The molecule has 1 aliphatic rings. The summed E-state index contributed by atoms with van der Waals surface area (Å²) in [5.41, 5.74) is 0.153. The molecule has 3 N–H and O–H groups in total. The highest BCUT2D eigenvalue weighted by Gasteiger charge is 2.26. The lowest BCUT2D eigenvalue weighted by atomic mass is 9.79. The first-order valence-electron chi connectivity index (χ1n) is 7.35. The van der Waals surface area contributed by atoms with Gasteiger partial charge in [-0.15, -0.1) is 24.0 Å². The molecule has 0 atom stereocenters. The van der Waals surface area contributed by atoms with Crippen LogP contribution in [0, 0.1) is 5.41 Å². The van der Waals surface area contributed by atoms with Gasteiger partial charge in [-0.1, -0.05) is 13.8 Å². The van der Waals surface area contributed by atoms with Crippen molar-refractivity contribution in [3.05, 3.63) is 0 Å². The first kappa shape index (κ1) is 19.0. The molecule has 0 aromatic carbocycles. The van der Waals surface area contributed by atoms with E-state index in [0.29, 0.717) is 6.04 Å². The molecule has 0 heterocycles. The van der Waals surface area contributed by atoms with E-state index in [1.54, 1.807) is 0 Å². The molecule has 1 saturated carbocycles. The molecule has 5 heteroatoms. The van der Waals surface area contributed by atoms with Gasteiger partial charge in [0.25, 0.3) is 0 Å². The Bertz CT molecular complexity index is 263. The average molecular weight is 383 g/mol. The van der Waals surface area contributed by atoms with Crippen molar-refractivity contribution >= 4 is 29.9 Å². The van der Waals surface area contributed by atoms with Crippen molar-refractivity contribution in [2.75, 3.05) is 19.7 Å². The third kappa shape index (κ3) is 6.79. The van der Waals surface area contributed by atoms with Crippen LogP contribution in [-0.4, -0.2) is 36.8 Å². The van der Waals surface area contributed by atoms with Gasteiger partial charge in [0.1, 0.15) is 0 Å². The molecule has 0 amide bonds. The van der Waals surface area contributed by atoms with Crippen LogP contribution in [-0.2, 0) is 0 Å². The van der Waals surface area contributed by atoms with Crippen LogP contribution in [0.3, 0.4) is 0 Å². The number of guanidine groups is 1. The van der Waals surface area contributed by atoms with Gasteiger partial charge in [0.2, 0.25) is 0 Å². The smallest absolute Gasteiger partial charge is 0.191 e. The zero-order valence-electron chi connectivity index (χ0n) is 12.5. The molecule has 1 rings (SSSR count). The molecule has 19 heavy (non-hydrogen) atoms. The van der Waals surface area contributed by atoms with Crippen LogP contribution in [0.2, 0.25) is 0 Å². The number of aliphatic hydroxyl groups excluding tert-OH is 1. The van der Waals surface area contributed by atoms with Gasteiger partial charge < -0.3 is 15.7 Å². The minimum Gasteiger partial charge on any atom is -0.396 e. The van der Waals surface area contributed by atoms with Crippen LogP contribution < -0.4 is 10.6 Å². The van der Waals surface area contributed by atoms with E-state index < -0.39 is 0 Å². The largest absolute Gasteiger partial charge is 0.396 e. The molecule has 0 aromatic heterocycles. The van der Waals surface area contributed by atoms with Gasteiger partial charge in [0.15, 0.2) is 5.96 Å². The highest BCUT2D eigenvalue weighted by atomic mass is 127. The van der Waals surface area contributed by atoms with Crippen molar-refractivity contribution in [3.63, 3.8) is 0 Å². The Hall–Kier alpha value is -0.0400. The summed E-state index contributed by atoms with van der Waals surface area (Å²) in [5, 5.41) is 15.9. The number of aliphatic hydroxyl groups is 1. The van der Waals surface area contributed by atoms with E-state index in [-0.39, 0.29) is 36.0 Å². The molecule has 1 fully saturated rings. The molecule has 0 saturated heterocycles. The highest BCUT2D eigenvalue weighted by Crippen LogP contribution is 2.30. The molecule has 114 valence electrons. The third-order valence-electron chi connectivity index (χ3n) is 3.98. The Kier molecular flexibility index (Phi) is 9.78. The van der Waals surface area contributed by atoms with Gasteiger partial charge in [-0.2, -0.15) is 0 Å². The summed E-state index contributed by atoms with van der Waals surface area (Å²) in [5.74, 6) is 0.934. The third-order valence-corrected chi connectivity index (χ3v) is 3.98. The van der Waals surface area contributed by atoms with E-state index in [2.05, 4.69) is 31.4 Å². The topological polar surface area (TPSA) is 56.7 Å².